The minimum absolute atomic E-state index is 0.156. The molecule has 4 atom stereocenters. The van der Waals surface area contributed by atoms with Crippen molar-refractivity contribution >= 4 is 11.9 Å². The number of benzene rings is 1. The molecule has 2 aliphatic rings. The molecule has 2 heterocycles. The van der Waals surface area contributed by atoms with Gasteiger partial charge in [-0.3, -0.25) is 0 Å². The summed E-state index contributed by atoms with van der Waals surface area (Å²) in [6, 6.07) is 4.75. The molecule has 142 valence electrons. The van der Waals surface area contributed by atoms with Crippen molar-refractivity contribution in [2.24, 2.45) is 0 Å². The average molecular weight is 362 g/mol. The lowest BCUT2D eigenvalue weighted by molar-refractivity contribution is 0.0491. The number of carbonyl (C=O) groups is 2. The van der Waals surface area contributed by atoms with E-state index in [0.29, 0.717) is 30.4 Å². The van der Waals surface area contributed by atoms with E-state index in [1.165, 1.54) is 6.07 Å². The molecule has 1 N–H and O–H groups in total. The second-order valence-electron chi connectivity index (χ2n) is 6.84. The fraction of sp³-hybridized carbons (Fsp3) is 0.600. The van der Waals surface area contributed by atoms with Crippen LogP contribution < -0.4 is 0 Å². The highest BCUT2D eigenvalue weighted by Gasteiger charge is 2.37. The number of rotatable bonds is 10. The van der Waals surface area contributed by atoms with E-state index in [-0.39, 0.29) is 36.6 Å². The quantitative estimate of drug-likeness (QED) is 0.508. The van der Waals surface area contributed by atoms with Crippen molar-refractivity contribution in [1.82, 2.24) is 0 Å². The molecule has 0 amide bonds. The first-order valence-corrected chi connectivity index (χ1v) is 9.38. The third-order valence-corrected chi connectivity index (χ3v) is 5.12. The number of esters is 1. The summed E-state index contributed by atoms with van der Waals surface area (Å²) in [5.41, 5.74) is 1.02. The number of carbonyl (C=O) groups excluding carboxylic acids is 1. The van der Waals surface area contributed by atoms with Crippen LogP contribution >= 0.6 is 0 Å². The summed E-state index contributed by atoms with van der Waals surface area (Å²) in [5.74, 6) is -1.50. The second-order valence-corrected chi connectivity index (χ2v) is 6.84. The molecule has 0 aromatic heterocycles. The van der Waals surface area contributed by atoms with E-state index in [4.69, 9.17) is 14.2 Å². The molecule has 2 aliphatic heterocycles. The van der Waals surface area contributed by atoms with Crippen LogP contribution in [-0.4, -0.2) is 48.1 Å². The van der Waals surface area contributed by atoms with Gasteiger partial charge in [-0.05, 0) is 43.4 Å². The van der Waals surface area contributed by atoms with Crippen molar-refractivity contribution in [1.29, 1.82) is 0 Å². The minimum atomic E-state index is -1.03. The molecule has 0 aliphatic carbocycles. The van der Waals surface area contributed by atoms with Gasteiger partial charge in [-0.1, -0.05) is 19.9 Å². The van der Waals surface area contributed by atoms with Gasteiger partial charge in [0, 0.05) is 6.42 Å². The van der Waals surface area contributed by atoms with Crippen molar-refractivity contribution in [3.8, 4) is 0 Å². The van der Waals surface area contributed by atoms with E-state index >= 15 is 0 Å². The topological polar surface area (TPSA) is 88.7 Å². The Hall–Kier alpha value is -1.92. The number of epoxide rings is 2. The van der Waals surface area contributed by atoms with Crippen LogP contribution in [0.15, 0.2) is 18.2 Å². The normalized spacial score (nSPS) is 26.4. The SMILES string of the molecule is CCC1OC1CCOC(=O)c1cccc(C(=O)O)c1CCC1OC1CC. The smallest absolute Gasteiger partial charge is 0.338 e. The lowest BCUT2D eigenvalue weighted by Gasteiger charge is -2.12. The zero-order valence-electron chi connectivity index (χ0n) is 15.3. The fourth-order valence-corrected chi connectivity index (χ4v) is 3.46. The molecule has 2 saturated heterocycles. The maximum Gasteiger partial charge on any atom is 0.338 e. The lowest BCUT2D eigenvalue weighted by Crippen LogP contribution is -2.15. The number of hydrogen-bond acceptors (Lipinski definition) is 5. The summed E-state index contributed by atoms with van der Waals surface area (Å²) < 4.78 is 16.3. The molecular formula is C20H26O6. The molecule has 26 heavy (non-hydrogen) atoms. The molecule has 1 aromatic carbocycles. The Bertz CT molecular complexity index is 670. The highest BCUT2D eigenvalue weighted by Crippen LogP contribution is 2.31. The molecule has 2 fully saturated rings. The molecule has 6 heteroatoms. The highest BCUT2D eigenvalue weighted by molar-refractivity contribution is 5.97. The van der Waals surface area contributed by atoms with E-state index in [0.717, 1.165) is 12.8 Å². The van der Waals surface area contributed by atoms with Crippen LogP contribution in [0.4, 0.5) is 0 Å². The molecule has 0 bridgehead atoms. The predicted molar refractivity (Wildman–Crippen MR) is 94.5 cm³/mol. The number of hydrogen-bond donors (Lipinski definition) is 1. The molecule has 0 spiro atoms. The van der Waals surface area contributed by atoms with Crippen LogP contribution in [0, 0.1) is 0 Å². The number of ether oxygens (including phenoxy) is 3. The Balaban J connectivity index is 1.63. The molecule has 0 saturated carbocycles. The summed E-state index contributed by atoms with van der Waals surface area (Å²) in [4.78, 5) is 24.0. The average Bonchev–Trinajstić information content (AvgIpc) is 3.54. The third-order valence-electron chi connectivity index (χ3n) is 5.12. The zero-order chi connectivity index (χ0) is 18.7. The van der Waals surface area contributed by atoms with Gasteiger partial charge < -0.3 is 19.3 Å². The van der Waals surface area contributed by atoms with Gasteiger partial charge in [0.25, 0.3) is 0 Å². The van der Waals surface area contributed by atoms with E-state index < -0.39 is 11.9 Å². The van der Waals surface area contributed by atoms with Crippen molar-refractivity contribution in [2.75, 3.05) is 6.61 Å². The van der Waals surface area contributed by atoms with Crippen LogP contribution in [0.25, 0.3) is 0 Å². The Labute approximate surface area is 153 Å². The molecule has 0 radical (unpaired) electrons. The van der Waals surface area contributed by atoms with Gasteiger partial charge in [0.15, 0.2) is 0 Å². The maximum atomic E-state index is 12.5. The minimum Gasteiger partial charge on any atom is -0.478 e. The molecule has 1 aromatic rings. The Kier molecular flexibility index (Phi) is 5.94. The fourth-order valence-electron chi connectivity index (χ4n) is 3.46. The summed E-state index contributed by atoms with van der Waals surface area (Å²) >= 11 is 0. The van der Waals surface area contributed by atoms with Gasteiger partial charge >= 0.3 is 11.9 Å². The largest absolute Gasteiger partial charge is 0.478 e. The van der Waals surface area contributed by atoms with Crippen LogP contribution in [0.3, 0.4) is 0 Å². The first kappa shape index (κ1) is 18.9. The zero-order valence-corrected chi connectivity index (χ0v) is 15.3. The number of carboxylic acids is 1. The number of carboxylic acid groups (broad SMARTS) is 1. The Morgan fingerprint density at radius 3 is 2.19 bits per heavy atom. The molecular weight excluding hydrogens is 336 g/mol. The summed E-state index contributed by atoms with van der Waals surface area (Å²) in [6.07, 6.45) is 4.64. The Morgan fingerprint density at radius 1 is 1.00 bits per heavy atom. The van der Waals surface area contributed by atoms with Crippen LogP contribution in [0.2, 0.25) is 0 Å². The van der Waals surface area contributed by atoms with Gasteiger partial charge in [0.05, 0.1) is 42.1 Å². The van der Waals surface area contributed by atoms with Crippen LogP contribution in [0.5, 0.6) is 0 Å². The summed E-state index contributed by atoms with van der Waals surface area (Å²) in [5, 5.41) is 9.46. The van der Waals surface area contributed by atoms with Gasteiger partial charge in [-0.25, -0.2) is 9.59 Å². The predicted octanol–water partition coefficient (Wildman–Crippen LogP) is 3.22. The van der Waals surface area contributed by atoms with Crippen LogP contribution in [-0.2, 0) is 20.6 Å². The molecule has 6 nitrogen and oxygen atoms in total. The van der Waals surface area contributed by atoms with Crippen LogP contribution in [0.1, 0.15) is 65.8 Å². The maximum absolute atomic E-state index is 12.5. The van der Waals surface area contributed by atoms with E-state index in [2.05, 4.69) is 13.8 Å². The standard InChI is InChI=1S/C20H26O6/c1-3-15-17(25-15)9-8-12-13(19(21)22)6-5-7-14(12)20(23)24-11-10-18-16(4-2)26-18/h5-7,15-18H,3-4,8-11H2,1-2H3,(H,21,22). The first-order valence-electron chi connectivity index (χ1n) is 9.38. The summed E-state index contributed by atoms with van der Waals surface area (Å²) in [7, 11) is 0. The highest BCUT2D eigenvalue weighted by atomic mass is 16.6. The van der Waals surface area contributed by atoms with Gasteiger partial charge in [0.1, 0.15) is 0 Å². The van der Waals surface area contributed by atoms with Crippen molar-refractivity contribution in [2.45, 2.75) is 70.4 Å². The molecule has 3 rings (SSSR count). The monoisotopic (exact) mass is 362 g/mol. The van der Waals surface area contributed by atoms with Crippen molar-refractivity contribution in [3.05, 3.63) is 34.9 Å². The first-order chi connectivity index (χ1) is 12.5. The second kappa shape index (κ2) is 8.18. The Morgan fingerprint density at radius 2 is 1.62 bits per heavy atom. The van der Waals surface area contributed by atoms with E-state index in [1.807, 2.05) is 0 Å². The third kappa shape index (κ3) is 4.43. The number of aromatic carboxylic acids is 1. The van der Waals surface area contributed by atoms with E-state index in [9.17, 15) is 14.7 Å². The van der Waals surface area contributed by atoms with Gasteiger partial charge in [-0.2, -0.15) is 0 Å². The van der Waals surface area contributed by atoms with Gasteiger partial charge in [-0.15, -0.1) is 0 Å². The summed E-state index contributed by atoms with van der Waals surface area (Å²) in [6.45, 7) is 4.40. The van der Waals surface area contributed by atoms with Crippen molar-refractivity contribution in [3.63, 3.8) is 0 Å². The lowest BCUT2D eigenvalue weighted by atomic mass is 9.95. The van der Waals surface area contributed by atoms with Gasteiger partial charge in [0.2, 0.25) is 0 Å². The van der Waals surface area contributed by atoms with E-state index in [1.54, 1.807) is 12.1 Å². The van der Waals surface area contributed by atoms with Crippen molar-refractivity contribution < 1.29 is 28.9 Å². The molecule has 4 unspecified atom stereocenters.